The Morgan fingerprint density at radius 2 is 2.09 bits per heavy atom. The van der Waals surface area contributed by atoms with Gasteiger partial charge < -0.3 is 19.7 Å². The van der Waals surface area contributed by atoms with Gasteiger partial charge >= 0.3 is 6.03 Å². The number of pyridine rings is 1. The first-order valence-electron chi connectivity index (χ1n) is 7.85. The third-order valence-electron chi connectivity index (χ3n) is 3.95. The number of hydrogen-bond donors (Lipinski definition) is 1. The van der Waals surface area contributed by atoms with Gasteiger partial charge in [0.2, 0.25) is 0 Å². The highest BCUT2D eigenvalue weighted by molar-refractivity contribution is 5.74. The molecule has 2 rings (SSSR count). The highest BCUT2D eigenvalue weighted by Gasteiger charge is 2.24. The number of carbonyl (C=O) groups excluding carboxylic acids is 1. The van der Waals surface area contributed by atoms with Gasteiger partial charge in [-0.15, -0.1) is 0 Å². The number of likely N-dealkylation sites (tertiary alicyclic amines) is 1. The van der Waals surface area contributed by atoms with Crippen LogP contribution in [0.2, 0.25) is 0 Å². The van der Waals surface area contributed by atoms with E-state index in [2.05, 4.69) is 10.3 Å². The maximum Gasteiger partial charge on any atom is 0.317 e. The van der Waals surface area contributed by atoms with Gasteiger partial charge in [-0.25, -0.2) is 4.79 Å². The van der Waals surface area contributed by atoms with Crippen molar-refractivity contribution in [3.05, 3.63) is 24.5 Å². The van der Waals surface area contributed by atoms with Crippen molar-refractivity contribution < 1.29 is 14.3 Å². The minimum Gasteiger partial charge on any atom is -0.490 e. The Morgan fingerprint density at radius 3 is 2.68 bits per heavy atom. The van der Waals surface area contributed by atoms with Gasteiger partial charge in [0.15, 0.2) is 0 Å². The molecule has 6 nitrogen and oxygen atoms in total. The molecule has 1 fully saturated rings. The Labute approximate surface area is 131 Å². The second kappa shape index (κ2) is 8.58. The fourth-order valence-electron chi connectivity index (χ4n) is 2.49. The first-order chi connectivity index (χ1) is 10.7. The van der Waals surface area contributed by atoms with Crippen LogP contribution in [0.5, 0.6) is 5.75 Å². The molecule has 0 aromatic carbocycles. The molecule has 2 amide bonds. The Bertz CT molecular complexity index is 443. The molecule has 0 radical (unpaired) electrons. The lowest BCUT2D eigenvalue weighted by atomic mass is 10.1. The lowest BCUT2D eigenvalue weighted by Crippen LogP contribution is -2.48. The normalized spacial score (nSPS) is 17.1. The van der Waals surface area contributed by atoms with Crippen molar-refractivity contribution in [1.82, 2.24) is 15.2 Å². The van der Waals surface area contributed by atoms with Gasteiger partial charge in [-0.2, -0.15) is 0 Å². The number of nitrogens with zero attached hydrogens (tertiary/aromatic N) is 2. The summed E-state index contributed by atoms with van der Waals surface area (Å²) in [6.45, 7) is 4.03. The number of piperidine rings is 1. The van der Waals surface area contributed by atoms with Crippen LogP contribution in [0.25, 0.3) is 0 Å². The molecule has 1 saturated heterocycles. The van der Waals surface area contributed by atoms with Gasteiger partial charge in [-0.05, 0) is 18.6 Å². The zero-order valence-corrected chi connectivity index (χ0v) is 13.3. The molecule has 1 aromatic heterocycles. The molecule has 2 heterocycles. The van der Waals surface area contributed by atoms with Crippen LogP contribution in [-0.4, -0.2) is 54.9 Å². The van der Waals surface area contributed by atoms with Crippen LogP contribution in [0.1, 0.15) is 26.2 Å². The Morgan fingerprint density at radius 1 is 1.41 bits per heavy atom. The van der Waals surface area contributed by atoms with Gasteiger partial charge in [0.1, 0.15) is 11.9 Å². The van der Waals surface area contributed by atoms with Crippen molar-refractivity contribution in [2.45, 2.75) is 38.4 Å². The second-order valence-corrected chi connectivity index (χ2v) is 5.44. The van der Waals surface area contributed by atoms with E-state index in [9.17, 15) is 4.79 Å². The van der Waals surface area contributed by atoms with E-state index in [0.29, 0.717) is 19.6 Å². The summed E-state index contributed by atoms with van der Waals surface area (Å²) in [5, 5.41) is 2.93. The lowest BCUT2D eigenvalue weighted by Gasteiger charge is -2.32. The van der Waals surface area contributed by atoms with Crippen molar-refractivity contribution in [1.29, 1.82) is 0 Å². The fourth-order valence-corrected chi connectivity index (χ4v) is 2.49. The number of hydrogen-bond acceptors (Lipinski definition) is 4. The molecule has 1 aliphatic heterocycles. The van der Waals surface area contributed by atoms with E-state index in [0.717, 1.165) is 25.0 Å². The Kier molecular flexibility index (Phi) is 6.45. The summed E-state index contributed by atoms with van der Waals surface area (Å²) in [6.07, 6.45) is 6.26. The Balaban J connectivity index is 1.71. The third-order valence-corrected chi connectivity index (χ3v) is 3.95. The maximum atomic E-state index is 12.1. The van der Waals surface area contributed by atoms with E-state index < -0.39 is 0 Å². The van der Waals surface area contributed by atoms with Gasteiger partial charge in [0.25, 0.3) is 0 Å². The smallest absolute Gasteiger partial charge is 0.317 e. The van der Waals surface area contributed by atoms with E-state index in [1.807, 2.05) is 24.0 Å². The van der Waals surface area contributed by atoms with Crippen molar-refractivity contribution in [3.63, 3.8) is 0 Å². The van der Waals surface area contributed by atoms with E-state index in [4.69, 9.17) is 9.47 Å². The van der Waals surface area contributed by atoms with Gasteiger partial charge in [-0.3, -0.25) is 4.98 Å². The molecule has 0 saturated carbocycles. The van der Waals surface area contributed by atoms with Crippen molar-refractivity contribution >= 4 is 6.03 Å². The standard InChI is InChI=1S/C16H25N3O3/c1-3-13(21-2)12-18-16(20)19-10-6-15(7-11-19)22-14-4-8-17-9-5-14/h4-5,8-9,13,15H,3,6-7,10-12H2,1-2H3,(H,18,20). The van der Waals surface area contributed by atoms with Crippen molar-refractivity contribution in [3.8, 4) is 5.75 Å². The number of nitrogens with one attached hydrogen (secondary N) is 1. The fraction of sp³-hybridized carbons (Fsp3) is 0.625. The molecule has 1 N–H and O–H groups in total. The zero-order valence-electron chi connectivity index (χ0n) is 13.3. The summed E-state index contributed by atoms with van der Waals surface area (Å²) in [6, 6.07) is 3.70. The summed E-state index contributed by atoms with van der Waals surface area (Å²) in [7, 11) is 1.67. The average Bonchev–Trinajstić information content (AvgIpc) is 2.57. The summed E-state index contributed by atoms with van der Waals surface area (Å²) < 4.78 is 11.2. The quantitative estimate of drug-likeness (QED) is 0.874. The number of methoxy groups -OCH3 is 1. The van der Waals surface area contributed by atoms with E-state index in [1.54, 1.807) is 19.5 Å². The topological polar surface area (TPSA) is 63.7 Å². The molecule has 1 aliphatic rings. The van der Waals surface area contributed by atoms with Gasteiger partial charge in [-0.1, -0.05) is 6.92 Å². The van der Waals surface area contributed by atoms with Crippen LogP contribution < -0.4 is 10.1 Å². The minimum atomic E-state index is -0.0159. The highest BCUT2D eigenvalue weighted by atomic mass is 16.5. The largest absolute Gasteiger partial charge is 0.490 e. The number of rotatable bonds is 6. The van der Waals surface area contributed by atoms with Crippen LogP contribution in [-0.2, 0) is 4.74 Å². The molecular weight excluding hydrogens is 282 g/mol. The molecule has 122 valence electrons. The molecule has 22 heavy (non-hydrogen) atoms. The molecular formula is C16H25N3O3. The predicted octanol–water partition coefficient (Wildman–Crippen LogP) is 2.06. The van der Waals surface area contributed by atoms with Gasteiger partial charge in [0.05, 0.1) is 6.10 Å². The Hall–Kier alpha value is -1.82. The second-order valence-electron chi connectivity index (χ2n) is 5.44. The molecule has 0 bridgehead atoms. The first kappa shape index (κ1) is 16.5. The third kappa shape index (κ3) is 4.87. The monoisotopic (exact) mass is 307 g/mol. The van der Waals surface area contributed by atoms with Crippen molar-refractivity contribution in [2.75, 3.05) is 26.7 Å². The van der Waals surface area contributed by atoms with Crippen LogP contribution in [0.15, 0.2) is 24.5 Å². The van der Waals surface area contributed by atoms with Crippen LogP contribution in [0.4, 0.5) is 4.79 Å². The van der Waals surface area contributed by atoms with E-state index >= 15 is 0 Å². The maximum absolute atomic E-state index is 12.1. The lowest BCUT2D eigenvalue weighted by molar-refractivity contribution is 0.0909. The van der Waals surface area contributed by atoms with E-state index in [-0.39, 0.29) is 18.2 Å². The number of urea groups is 1. The summed E-state index contributed by atoms with van der Waals surface area (Å²) >= 11 is 0. The molecule has 1 unspecified atom stereocenters. The number of amides is 2. The number of aromatic nitrogens is 1. The highest BCUT2D eigenvalue weighted by Crippen LogP contribution is 2.18. The first-order valence-corrected chi connectivity index (χ1v) is 7.85. The van der Waals surface area contributed by atoms with Gasteiger partial charge in [0, 0.05) is 52.0 Å². The summed E-state index contributed by atoms with van der Waals surface area (Å²) in [5.74, 6) is 0.837. The molecule has 1 atom stereocenters. The van der Waals surface area contributed by atoms with Crippen LogP contribution in [0, 0.1) is 0 Å². The SMILES string of the molecule is CCC(CNC(=O)N1CCC(Oc2ccncc2)CC1)OC. The number of ether oxygens (including phenoxy) is 2. The minimum absolute atomic E-state index is 0.0159. The average molecular weight is 307 g/mol. The predicted molar refractivity (Wildman–Crippen MR) is 83.9 cm³/mol. The zero-order chi connectivity index (χ0) is 15.8. The molecule has 0 spiro atoms. The molecule has 1 aromatic rings. The number of carbonyl (C=O) groups is 1. The summed E-state index contributed by atoms with van der Waals surface area (Å²) in [4.78, 5) is 17.9. The molecule has 6 heteroatoms. The van der Waals surface area contributed by atoms with Crippen LogP contribution >= 0.6 is 0 Å². The van der Waals surface area contributed by atoms with Crippen LogP contribution in [0.3, 0.4) is 0 Å². The molecule has 0 aliphatic carbocycles. The van der Waals surface area contributed by atoms with E-state index in [1.165, 1.54) is 0 Å². The summed E-state index contributed by atoms with van der Waals surface area (Å²) in [5.41, 5.74) is 0. The van der Waals surface area contributed by atoms with Crippen molar-refractivity contribution in [2.24, 2.45) is 0 Å².